The molecule has 0 saturated carbocycles. The second kappa shape index (κ2) is 8.55. The van der Waals surface area contributed by atoms with Crippen molar-refractivity contribution >= 4 is 34.9 Å². The second-order valence-corrected chi connectivity index (χ2v) is 5.96. The van der Waals surface area contributed by atoms with E-state index in [1.807, 2.05) is 0 Å². The van der Waals surface area contributed by atoms with Gasteiger partial charge < -0.3 is 16.2 Å². The summed E-state index contributed by atoms with van der Waals surface area (Å²) in [7, 11) is 0. The summed E-state index contributed by atoms with van der Waals surface area (Å²) in [5, 5.41) is 11.4. The van der Waals surface area contributed by atoms with Crippen molar-refractivity contribution in [1.82, 2.24) is 0 Å². The van der Waals surface area contributed by atoms with Gasteiger partial charge in [0.15, 0.2) is 5.78 Å². The van der Waals surface area contributed by atoms with Gasteiger partial charge >= 0.3 is 5.97 Å². The Kier molecular flexibility index (Phi) is 6.43. The van der Waals surface area contributed by atoms with Crippen LogP contribution in [-0.2, 0) is 9.59 Å². The number of ketones is 1. The second-order valence-electron chi connectivity index (χ2n) is 5.53. The largest absolute Gasteiger partial charge is 0.481 e. The zero-order valence-corrected chi connectivity index (χ0v) is 14.3. The highest BCUT2D eigenvalue weighted by Gasteiger charge is 2.21. The first-order valence-corrected chi connectivity index (χ1v) is 8.04. The minimum Gasteiger partial charge on any atom is -0.481 e. The first kappa shape index (κ1) is 19.6. The number of halogens is 2. The van der Waals surface area contributed by atoms with Crippen molar-refractivity contribution in [2.75, 3.05) is 5.32 Å². The van der Waals surface area contributed by atoms with E-state index in [1.165, 1.54) is 36.4 Å². The smallest absolute Gasteiger partial charge is 0.303 e. The molecular formula is C18H16ClFN2O4. The molecule has 2 aromatic carbocycles. The highest BCUT2D eigenvalue weighted by Crippen LogP contribution is 2.25. The summed E-state index contributed by atoms with van der Waals surface area (Å²) in [5.41, 5.74) is 5.60. The SMILES string of the molecule is NC(CCC(=O)O)C(=O)Nc1ccc(Cl)cc1C(=O)c1ccccc1F. The molecule has 0 saturated heterocycles. The van der Waals surface area contributed by atoms with E-state index in [-0.39, 0.29) is 34.7 Å². The maximum Gasteiger partial charge on any atom is 0.303 e. The zero-order chi connectivity index (χ0) is 19.3. The number of carboxylic acid groups (broad SMARTS) is 1. The van der Waals surface area contributed by atoms with E-state index >= 15 is 0 Å². The number of hydrogen-bond acceptors (Lipinski definition) is 4. The van der Waals surface area contributed by atoms with Gasteiger partial charge in [-0.3, -0.25) is 14.4 Å². The van der Waals surface area contributed by atoms with Crippen molar-refractivity contribution in [3.8, 4) is 0 Å². The minimum absolute atomic E-state index is 0.00128. The maximum atomic E-state index is 13.9. The van der Waals surface area contributed by atoms with Gasteiger partial charge in [-0.1, -0.05) is 23.7 Å². The van der Waals surface area contributed by atoms with Crippen molar-refractivity contribution in [3.05, 3.63) is 64.4 Å². The Bertz CT molecular complexity index is 857. The van der Waals surface area contributed by atoms with Gasteiger partial charge in [0.05, 0.1) is 17.3 Å². The molecule has 136 valence electrons. The molecule has 6 nitrogen and oxygen atoms in total. The summed E-state index contributed by atoms with van der Waals surface area (Å²) in [5.74, 6) is -3.08. The molecule has 1 atom stereocenters. The Morgan fingerprint density at radius 2 is 1.85 bits per heavy atom. The molecule has 4 N–H and O–H groups in total. The van der Waals surface area contributed by atoms with Crippen LogP contribution in [0.15, 0.2) is 42.5 Å². The summed E-state index contributed by atoms with van der Waals surface area (Å²) in [6.07, 6.45) is -0.332. The third kappa shape index (κ3) is 4.87. The Hall–Kier alpha value is -2.77. The Labute approximate surface area is 153 Å². The number of benzene rings is 2. The first-order valence-electron chi connectivity index (χ1n) is 7.66. The number of hydrogen-bond donors (Lipinski definition) is 3. The molecular weight excluding hydrogens is 363 g/mol. The Morgan fingerprint density at radius 1 is 1.15 bits per heavy atom. The number of rotatable bonds is 7. The Balaban J connectivity index is 2.28. The predicted molar refractivity (Wildman–Crippen MR) is 94.8 cm³/mol. The van der Waals surface area contributed by atoms with E-state index in [0.717, 1.165) is 6.07 Å². The minimum atomic E-state index is -1.07. The summed E-state index contributed by atoms with van der Waals surface area (Å²) in [4.78, 5) is 35.4. The van der Waals surface area contributed by atoms with E-state index in [9.17, 15) is 18.8 Å². The average Bonchev–Trinajstić information content (AvgIpc) is 2.60. The van der Waals surface area contributed by atoms with Gasteiger partial charge in [0.25, 0.3) is 0 Å². The predicted octanol–water partition coefficient (Wildman–Crippen LogP) is 2.84. The number of nitrogens with two attached hydrogens (primary N) is 1. The van der Waals surface area contributed by atoms with Crippen molar-refractivity contribution in [3.63, 3.8) is 0 Å². The van der Waals surface area contributed by atoms with Crippen LogP contribution in [0.1, 0.15) is 28.8 Å². The highest BCUT2D eigenvalue weighted by atomic mass is 35.5. The quantitative estimate of drug-likeness (QED) is 0.642. The number of aliphatic carboxylic acids is 1. The molecule has 0 heterocycles. The van der Waals surface area contributed by atoms with Gasteiger partial charge in [-0.05, 0) is 36.8 Å². The van der Waals surface area contributed by atoms with E-state index in [4.69, 9.17) is 22.4 Å². The standard InChI is InChI=1S/C18H16ClFN2O4/c19-10-5-7-15(22-18(26)14(21)6-8-16(23)24)12(9-10)17(25)11-3-1-2-4-13(11)20/h1-5,7,9,14H,6,8,21H2,(H,22,26)(H,23,24). The van der Waals surface area contributed by atoms with Crippen molar-refractivity contribution in [1.29, 1.82) is 0 Å². The number of amides is 1. The molecule has 0 aliphatic rings. The molecule has 0 radical (unpaired) electrons. The molecule has 1 unspecified atom stereocenters. The molecule has 0 fully saturated rings. The van der Waals surface area contributed by atoms with Gasteiger partial charge in [0.2, 0.25) is 5.91 Å². The number of carbonyl (C=O) groups is 3. The monoisotopic (exact) mass is 378 g/mol. The lowest BCUT2D eigenvalue weighted by Crippen LogP contribution is -2.36. The molecule has 26 heavy (non-hydrogen) atoms. The summed E-state index contributed by atoms with van der Waals surface area (Å²) in [6.45, 7) is 0. The lowest BCUT2D eigenvalue weighted by Gasteiger charge is -2.14. The van der Waals surface area contributed by atoms with Crippen molar-refractivity contribution in [2.24, 2.45) is 5.73 Å². The van der Waals surface area contributed by atoms with Crippen LogP contribution in [0.3, 0.4) is 0 Å². The fourth-order valence-electron chi connectivity index (χ4n) is 2.24. The van der Waals surface area contributed by atoms with Crippen LogP contribution >= 0.6 is 11.6 Å². The van der Waals surface area contributed by atoms with Crippen LogP contribution in [0, 0.1) is 5.82 Å². The first-order chi connectivity index (χ1) is 12.3. The van der Waals surface area contributed by atoms with Gasteiger partial charge in [0, 0.05) is 17.0 Å². The van der Waals surface area contributed by atoms with Crippen LogP contribution < -0.4 is 11.1 Å². The van der Waals surface area contributed by atoms with Crippen LogP contribution in [-0.4, -0.2) is 28.8 Å². The third-order valence-electron chi connectivity index (χ3n) is 3.61. The highest BCUT2D eigenvalue weighted by molar-refractivity contribution is 6.31. The van der Waals surface area contributed by atoms with Crippen molar-refractivity contribution in [2.45, 2.75) is 18.9 Å². The van der Waals surface area contributed by atoms with Gasteiger partial charge in [-0.15, -0.1) is 0 Å². The molecule has 2 aromatic rings. The molecule has 2 rings (SSSR count). The number of carbonyl (C=O) groups excluding carboxylic acids is 2. The molecule has 0 aliphatic carbocycles. The molecule has 0 bridgehead atoms. The summed E-state index contributed by atoms with van der Waals surface area (Å²) < 4.78 is 13.9. The van der Waals surface area contributed by atoms with E-state index in [2.05, 4.69) is 5.32 Å². The van der Waals surface area contributed by atoms with Gasteiger partial charge in [-0.25, -0.2) is 4.39 Å². The van der Waals surface area contributed by atoms with E-state index in [1.54, 1.807) is 0 Å². The van der Waals surface area contributed by atoms with E-state index in [0.29, 0.717) is 0 Å². The molecule has 1 amide bonds. The van der Waals surface area contributed by atoms with Gasteiger partial charge in [0.1, 0.15) is 5.82 Å². The number of anilines is 1. The number of carboxylic acids is 1. The average molecular weight is 379 g/mol. The summed E-state index contributed by atoms with van der Waals surface area (Å²) >= 11 is 5.92. The molecule has 0 spiro atoms. The number of nitrogens with one attached hydrogen (secondary N) is 1. The van der Waals surface area contributed by atoms with Crippen LogP contribution in [0.4, 0.5) is 10.1 Å². The van der Waals surface area contributed by atoms with Crippen molar-refractivity contribution < 1.29 is 23.9 Å². The fourth-order valence-corrected chi connectivity index (χ4v) is 2.41. The lowest BCUT2D eigenvalue weighted by atomic mass is 10.0. The fraction of sp³-hybridized carbons (Fsp3) is 0.167. The zero-order valence-electron chi connectivity index (χ0n) is 13.5. The van der Waals surface area contributed by atoms with Crippen LogP contribution in [0.25, 0.3) is 0 Å². The molecule has 8 heteroatoms. The molecule has 0 aliphatic heterocycles. The Morgan fingerprint density at radius 3 is 2.50 bits per heavy atom. The third-order valence-corrected chi connectivity index (χ3v) is 3.84. The molecule has 0 aromatic heterocycles. The normalized spacial score (nSPS) is 11.7. The maximum absolute atomic E-state index is 13.9. The topological polar surface area (TPSA) is 109 Å². The van der Waals surface area contributed by atoms with Crippen LogP contribution in [0.2, 0.25) is 5.02 Å². The van der Waals surface area contributed by atoms with Gasteiger partial charge in [-0.2, -0.15) is 0 Å². The summed E-state index contributed by atoms with van der Waals surface area (Å²) in [6, 6.07) is 8.54. The van der Waals surface area contributed by atoms with Crippen LogP contribution in [0.5, 0.6) is 0 Å². The lowest BCUT2D eigenvalue weighted by molar-refractivity contribution is -0.137. The van der Waals surface area contributed by atoms with E-state index < -0.39 is 29.5 Å².